The van der Waals surface area contributed by atoms with E-state index in [1.807, 2.05) is 13.8 Å². The van der Waals surface area contributed by atoms with E-state index in [-0.39, 0.29) is 18.4 Å². The maximum Gasteiger partial charge on any atom is 0.326 e. The maximum absolute atomic E-state index is 12.6. The average molecular weight is 376 g/mol. The predicted molar refractivity (Wildman–Crippen MR) is 92.7 cm³/mol. The second-order valence-corrected chi connectivity index (χ2v) is 8.79. The Kier molecular flexibility index (Phi) is 7.85. The Morgan fingerprint density at radius 1 is 1.20 bits per heavy atom. The molecule has 1 rings (SSSR count). The number of carboxylic acid groups (broad SMARTS) is 1. The third kappa shape index (κ3) is 6.30. The highest BCUT2D eigenvalue weighted by Crippen LogP contribution is 2.20. The lowest BCUT2D eigenvalue weighted by Gasteiger charge is -2.40. The molecule has 0 aromatic heterocycles. The normalized spacial score (nSPS) is 18.6. The summed E-state index contributed by atoms with van der Waals surface area (Å²) in [7, 11) is -3.53. The number of nitrogens with zero attached hydrogens (tertiary/aromatic N) is 1. The van der Waals surface area contributed by atoms with E-state index in [0.29, 0.717) is 19.3 Å². The van der Waals surface area contributed by atoms with Gasteiger partial charge >= 0.3 is 5.97 Å². The summed E-state index contributed by atoms with van der Waals surface area (Å²) in [6.07, 6.45) is 4.22. The van der Waals surface area contributed by atoms with E-state index in [4.69, 9.17) is 5.11 Å². The minimum absolute atomic E-state index is 0.249. The van der Waals surface area contributed by atoms with Gasteiger partial charge in [0.15, 0.2) is 0 Å². The first-order valence-corrected chi connectivity index (χ1v) is 10.7. The van der Waals surface area contributed by atoms with Crippen molar-refractivity contribution in [2.45, 2.75) is 58.0 Å². The number of carbonyl (C=O) groups excluding carboxylic acids is 2. The van der Waals surface area contributed by atoms with Crippen molar-refractivity contribution in [1.29, 1.82) is 0 Å². The molecule has 0 bridgehead atoms. The summed E-state index contributed by atoms with van der Waals surface area (Å²) in [5.41, 5.74) is 0. The summed E-state index contributed by atoms with van der Waals surface area (Å²) in [6, 6.07) is -2.20. The molecule has 0 spiro atoms. The molecule has 0 aromatic rings. The molecular weight excluding hydrogens is 348 g/mol. The quantitative estimate of drug-likeness (QED) is 0.570. The summed E-state index contributed by atoms with van der Waals surface area (Å²) in [4.78, 5) is 37.3. The number of sulfone groups is 1. The van der Waals surface area contributed by atoms with Crippen molar-refractivity contribution >= 4 is 27.6 Å². The molecule has 0 aliphatic carbocycles. The zero-order chi connectivity index (χ0) is 19.2. The van der Waals surface area contributed by atoms with Crippen LogP contribution in [0.15, 0.2) is 0 Å². The number of hydrogen-bond donors (Lipinski definition) is 2. The average Bonchev–Trinajstić information content (AvgIpc) is 2.42. The molecule has 1 fully saturated rings. The molecule has 2 unspecified atom stereocenters. The van der Waals surface area contributed by atoms with Crippen LogP contribution >= 0.6 is 0 Å². The van der Waals surface area contributed by atoms with Gasteiger partial charge in [0.25, 0.3) is 0 Å². The molecule has 8 nitrogen and oxygen atoms in total. The lowest BCUT2D eigenvalue weighted by molar-refractivity contribution is -0.158. The van der Waals surface area contributed by atoms with E-state index < -0.39 is 39.6 Å². The molecule has 2 amide bonds. The van der Waals surface area contributed by atoms with Crippen LogP contribution in [0.3, 0.4) is 0 Å². The summed E-state index contributed by atoms with van der Waals surface area (Å²) in [5, 5.41) is 11.6. The predicted octanol–water partition coefficient (Wildman–Crippen LogP) is 0.418. The molecule has 1 saturated heterocycles. The Hall–Kier alpha value is -1.64. The second-order valence-electron chi connectivity index (χ2n) is 6.60. The van der Waals surface area contributed by atoms with Crippen molar-refractivity contribution in [2.24, 2.45) is 5.92 Å². The van der Waals surface area contributed by atoms with Gasteiger partial charge in [-0.05, 0) is 19.3 Å². The largest absolute Gasteiger partial charge is 0.480 e. The van der Waals surface area contributed by atoms with E-state index in [1.54, 1.807) is 0 Å². The molecule has 2 atom stereocenters. The second kappa shape index (κ2) is 9.17. The maximum atomic E-state index is 12.6. The SMILES string of the molecule is CCCC(CCC)C(=O)NC(CS(C)(=O)=O)C(=O)N1CCC1C(=O)O. The fraction of sp³-hybridized carbons (Fsp3) is 0.812. The summed E-state index contributed by atoms with van der Waals surface area (Å²) < 4.78 is 23.3. The molecule has 144 valence electrons. The topological polar surface area (TPSA) is 121 Å². The van der Waals surface area contributed by atoms with Gasteiger partial charge in [-0.3, -0.25) is 9.59 Å². The van der Waals surface area contributed by atoms with Gasteiger partial charge in [-0.2, -0.15) is 0 Å². The van der Waals surface area contributed by atoms with Crippen LogP contribution in [0.5, 0.6) is 0 Å². The van der Waals surface area contributed by atoms with Crippen molar-refractivity contribution in [3.63, 3.8) is 0 Å². The van der Waals surface area contributed by atoms with Crippen LogP contribution in [-0.2, 0) is 24.2 Å². The third-order valence-corrected chi connectivity index (χ3v) is 5.26. The minimum atomic E-state index is -3.53. The summed E-state index contributed by atoms with van der Waals surface area (Å²) in [5.74, 6) is -2.94. The van der Waals surface area contributed by atoms with Gasteiger partial charge in [-0.15, -0.1) is 0 Å². The Morgan fingerprint density at radius 2 is 1.76 bits per heavy atom. The molecule has 25 heavy (non-hydrogen) atoms. The molecule has 2 N–H and O–H groups in total. The van der Waals surface area contributed by atoms with E-state index in [2.05, 4.69) is 5.32 Å². The number of carbonyl (C=O) groups is 3. The van der Waals surface area contributed by atoms with Gasteiger partial charge in [0.05, 0.1) is 5.75 Å². The fourth-order valence-corrected chi connectivity index (χ4v) is 3.81. The standard InChI is InChI=1S/C16H28N2O6S/c1-4-6-11(7-5-2)14(19)17-12(10-25(3,23)24)15(20)18-9-8-13(18)16(21)22/h11-13H,4-10H2,1-3H3,(H,17,19)(H,21,22). The number of carboxylic acids is 1. The fourth-order valence-electron chi connectivity index (χ4n) is 2.98. The van der Waals surface area contributed by atoms with Crippen LogP contribution < -0.4 is 5.32 Å². The van der Waals surface area contributed by atoms with Gasteiger partial charge in [-0.25, -0.2) is 13.2 Å². The van der Waals surface area contributed by atoms with Crippen LogP contribution in [0.1, 0.15) is 46.0 Å². The molecule has 0 saturated carbocycles. The lowest BCUT2D eigenvalue weighted by Crippen LogP contribution is -2.62. The Morgan fingerprint density at radius 3 is 2.12 bits per heavy atom. The van der Waals surface area contributed by atoms with E-state index >= 15 is 0 Å². The summed E-state index contributed by atoms with van der Waals surface area (Å²) >= 11 is 0. The zero-order valence-corrected chi connectivity index (χ0v) is 15.8. The van der Waals surface area contributed by atoms with Crippen LogP contribution in [0.4, 0.5) is 0 Å². The first-order valence-electron chi connectivity index (χ1n) is 8.62. The number of nitrogens with one attached hydrogen (secondary N) is 1. The monoisotopic (exact) mass is 376 g/mol. The highest BCUT2D eigenvalue weighted by molar-refractivity contribution is 7.90. The molecule has 0 aromatic carbocycles. The van der Waals surface area contributed by atoms with E-state index in [1.165, 1.54) is 0 Å². The third-order valence-electron chi connectivity index (χ3n) is 4.32. The van der Waals surface area contributed by atoms with Crippen molar-refractivity contribution < 1.29 is 27.9 Å². The first-order chi connectivity index (χ1) is 11.6. The zero-order valence-electron chi connectivity index (χ0n) is 15.0. The number of rotatable bonds is 10. The van der Waals surface area contributed by atoms with Crippen LogP contribution in [-0.4, -0.2) is 66.8 Å². The number of hydrogen-bond acceptors (Lipinski definition) is 5. The molecule has 1 heterocycles. The Bertz CT molecular complexity index is 598. The number of amides is 2. The smallest absolute Gasteiger partial charge is 0.326 e. The molecule has 1 aliphatic heterocycles. The molecular formula is C16H28N2O6S. The van der Waals surface area contributed by atoms with Gasteiger partial charge in [-0.1, -0.05) is 26.7 Å². The molecule has 1 aliphatic rings. The van der Waals surface area contributed by atoms with E-state index in [9.17, 15) is 22.8 Å². The van der Waals surface area contributed by atoms with Gasteiger partial charge in [0.1, 0.15) is 21.9 Å². The van der Waals surface area contributed by atoms with Crippen molar-refractivity contribution in [2.75, 3.05) is 18.6 Å². The Balaban J connectivity index is 2.91. The number of likely N-dealkylation sites (tertiary alicyclic amines) is 1. The highest BCUT2D eigenvalue weighted by atomic mass is 32.2. The van der Waals surface area contributed by atoms with Crippen LogP contribution in [0.2, 0.25) is 0 Å². The van der Waals surface area contributed by atoms with Crippen molar-refractivity contribution in [3.05, 3.63) is 0 Å². The minimum Gasteiger partial charge on any atom is -0.480 e. The van der Waals surface area contributed by atoms with Gasteiger partial charge < -0.3 is 15.3 Å². The Labute approximate surface area is 148 Å². The van der Waals surface area contributed by atoms with Crippen molar-refractivity contribution in [3.8, 4) is 0 Å². The van der Waals surface area contributed by atoms with E-state index in [0.717, 1.165) is 24.0 Å². The first kappa shape index (κ1) is 21.4. The van der Waals surface area contributed by atoms with Gasteiger partial charge in [0.2, 0.25) is 11.8 Å². The lowest BCUT2D eigenvalue weighted by atomic mass is 9.96. The van der Waals surface area contributed by atoms with Gasteiger partial charge in [0, 0.05) is 18.7 Å². The molecule has 0 radical (unpaired) electrons. The summed E-state index contributed by atoms with van der Waals surface area (Å²) in [6.45, 7) is 4.15. The number of aliphatic carboxylic acids is 1. The van der Waals surface area contributed by atoms with Crippen LogP contribution in [0, 0.1) is 5.92 Å². The molecule has 9 heteroatoms. The highest BCUT2D eigenvalue weighted by Gasteiger charge is 2.41. The van der Waals surface area contributed by atoms with Crippen LogP contribution in [0.25, 0.3) is 0 Å². The van der Waals surface area contributed by atoms with Crippen molar-refractivity contribution in [1.82, 2.24) is 10.2 Å².